The van der Waals surface area contributed by atoms with E-state index >= 15 is 0 Å². The molecule has 1 aliphatic rings. The molecule has 1 unspecified atom stereocenters. The fourth-order valence-electron chi connectivity index (χ4n) is 2.64. The van der Waals surface area contributed by atoms with Gasteiger partial charge < -0.3 is 25.4 Å². The van der Waals surface area contributed by atoms with Gasteiger partial charge in [0, 0.05) is 0 Å². The highest BCUT2D eigenvalue weighted by atomic mass is 32.1. The number of fused-ring (bicyclic) bond motifs is 1. The molecule has 11 nitrogen and oxygen atoms in total. The van der Waals surface area contributed by atoms with Crippen LogP contribution in [-0.2, 0) is 13.8 Å². The highest BCUT2D eigenvalue weighted by Gasteiger charge is 2.47. The van der Waals surface area contributed by atoms with Gasteiger partial charge in [0.15, 0.2) is 17.7 Å². The minimum absolute atomic E-state index is 0.197. The van der Waals surface area contributed by atoms with Gasteiger partial charge in [0.2, 0.25) is 0 Å². The summed E-state index contributed by atoms with van der Waals surface area (Å²) in [4.78, 5) is 29.9. The minimum atomic E-state index is -4.72. The largest absolute Gasteiger partial charge is 0.469 e. The zero-order valence-corrected chi connectivity index (χ0v) is 14.2. The molecule has 13 heteroatoms. The molecule has 3 heterocycles. The number of imidazole rings is 1. The van der Waals surface area contributed by atoms with Crippen LogP contribution < -0.4 is 5.73 Å². The first-order chi connectivity index (χ1) is 11.2. The second-order valence-corrected chi connectivity index (χ2v) is 7.14. The van der Waals surface area contributed by atoms with Crippen molar-refractivity contribution in [1.29, 1.82) is 0 Å². The number of rotatable bonds is 4. The smallest absolute Gasteiger partial charge is 0.389 e. The van der Waals surface area contributed by atoms with E-state index < -0.39 is 37.6 Å². The third-order valence-electron chi connectivity index (χ3n) is 3.70. The number of aliphatic hydroxyl groups excluding tert-OH is 1. The van der Waals surface area contributed by atoms with Gasteiger partial charge in [0.1, 0.15) is 17.9 Å². The Kier molecular flexibility index (Phi) is 4.55. The quantitative estimate of drug-likeness (QED) is 0.345. The SMILES string of the molecule is CC(OP(=O)(O)O)[C@H]1O[C@@H](n2cnc3c(N)ncnc32)[C@H](S)[C@@H]1O. The summed E-state index contributed by atoms with van der Waals surface area (Å²) in [7, 11) is -4.72. The lowest BCUT2D eigenvalue weighted by atomic mass is 10.1. The van der Waals surface area contributed by atoms with Crippen molar-refractivity contribution in [3.05, 3.63) is 12.7 Å². The van der Waals surface area contributed by atoms with E-state index in [2.05, 4.69) is 32.1 Å². The van der Waals surface area contributed by atoms with Gasteiger partial charge in [0.05, 0.1) is 23.8 Å². The molecule has 0 saturated carbocycles. The van der Waals surface area contributed by atoms with Crippen LogP contribution in [0, 0.1) is 0 Å². The third kappa shape index (κ3) is 3.14. The van der Waals surface area contributed by atoms with Crippen LogP contribution in [0.1, 0.15) is 13.2 Å². The number of nitrogens with two attached hydrogens (primary N) is 1. The fourth-order valence-corrected chi connectivity index (χ4v) is 3.57. The molecule has 0 spiro atoms. The molecule has 3 rings (SSSR count). The Labute approximate surface area is 141 Å². The molecule has 0 amide bonds. The van der Waals surface area contributed by atoms with Crippen molar-refractivity contribution < 1.29 is 28.7 Å². The first-order valence-corrected chi connectivity index (χ1v) is 8.92. The number of ether oxygens (including phenoxy) is 1. The molecule has 0 radical (unpaired) electrons. The zero-order valence-electron chi connectivity index (χ0n) is 12.4. The van der Waals surface area contributed by atoms with Crippen molar-refractivity contribution in [3.8, 4) is 0 Å². The average Bonchev–Trinajstić information content (AvgIpc) is 3.01. The number of aromatic nitrogens is 4. The van der Waals surface area contributed by atoms with Crippen molar-refractivity contribution in [1.82, 2.24) is 19.5 Å². The third-order valence-corrected chi connectivity index (χ3v) is 4.87. The minimum Gasteiger partial charge on any atom is -0.389 e. The summed E-state index contributed by atoms with van der Waals surface area (Å²) in [5, 5.41) is 9.59. The summed E-state index contributed by atoms with van der Waals surface area (Å²) in [5.41, 5.74) is 6.50. The van der Waals surface area contributed by atoms with Crippen LogP contribution in [-0.4, -0.2) is 58.0 Å². The van der Waals surface area contributed by atoms with Gasteiger partial charge in [0.25, 0.3) is 0 Å². The number of phosphoric acid groups is 1. The van der Waals surface area contributed by atoms with Crippen LogP contribution in [0.15, 0.2) is 12.7 Å². The molecule has 1 saturated heterocycles. The normalized spacial score (nSPS) is 29.2. The van der Waals surface area contributed by atoms with Gasteiger partial charge in [-0.2, -0.15) is 12.6 Å². The summed E-state index contributed by atoms with van der Waals surface area (Å²) in [5.74, 6) is 0.197. The van der Waals surface area contributed by atoms with Crippen molar-refractivity contribution in [2.24, 2.45) is 0 Å². The maximum atomic E-state index is 11.0. The molecule has 5 N–H and O–H groups in total. The molecule has 5 atom stereocenters. The topological polar surface area (TPSA) is 166 Å². The molecule has 2 aromatic heterocycles. The number of aliphatic hydroxyl groups is 1. The maximum Gasteiger partial charge on any atom is 0.469 e. The molecule has 1 fully saturated rings. The first kappa shape index (κ1) is 17.5. The van der Waals surface area contributed by atoms with E-state index in [-0.39, 0.29) is 5.82 Å². The highest BCUT2D eigenvalue weighted by molar-refractivity contribution is 7.81. The fraction of sp³-hybridized carbons (Fsp3) is 0.545. The number of thiol groups is 1. The first-order valence-electron chi connectivity index (χ1n) is 6.87. The Bertz CT molecular complexity index is 798. The summed E-state index contributed by atoms with van der Waals surface area (Å²) < 4.78 is 22.8. The van der Waals surface area contributed by atoms with E-state index in [0.717, 1.165) is 0 Å². The predicted octanol–water partition coefficient (Wildman–Crippen LogP) is -0.537. The van der Waals surface area contributed by atoms with Gasteiger partial charge in [-0.1, -0.05) is 0 Å². The number of nitrogen functional groups attached to an aromatic ring is 1. The molecule has 0 aromatic carbocycles. The molecule has 2 aromatic rings. The molecular formula is C11H16N5O6PS. The van der Waals surface area contributed by atoms with Crippen LogP contribution in [0.2, 0.25) is 0 Å². The summed E-state index contributed by atoms with van der Waals surface area (Å²) in [6.07, 6.45) is -1.28. The number of anilines is 1. The summed E-state index contributed by atoms with van der Waals surface area (Å²) >= 11 is 4.34. The summed E-state index contributed by atoms with van der Waals surface area (Å²) in [6, 6.07) is 0. The van der Waals surface area contributed by atoms with Gasteiger partial charge >= 0.3 is 7.82 Å². The lowest BCUT2D eigenvalue weighted by molar-refractivity contribution is -0.0727. The van der Waals surface area contributed by atoms with Gasteiger partial charge in [-0.3, -0.25) is 9.09 Å². The second kappa shape index (κ2) is 6.23. The van der Waals surface area contributed by atoms with Crippen molar-refractivity contribution in [3.63, 3.8) is 0 Å². The molecule has 0 aliphatic carbocycles. The zero-order chi connectivity index (χ0) is 17.6. The van der Waals surface area contributed by atoms with E-state index in [4.69, 9.17) is 20.3 Å². The van der Waals surface area contributed by atoms with Crippen molar-refractivity contribution in [2.75, 3.05) is 5.73 Å². The Balaban J connectivity index is 1.89. The van der Waals surface area contributed by atoms with Crippen LogP contribution in [0.5, 0.6) is 0 Å². The predicted molar refractivity (Wildman–Crippen MR) is 85.0 cm³/mol. The molecule has 24 heavy (non-hydrogen) atoms. The average molecular weight is 377 g/mol. The monoisotopic (exact) mass is 377 g/mol. The van der Waals surface area contributed by atoms with E-state index in [0.29, 0.717) is 11.2 Å². The van der Waals surface area contributed by atoms with E-state index in [9.17, 15) is 9.67 Å². The number of phosphoric ester groups is 1. The molecular weight excluding hydrogens is 361 g/mol. The Hall–Kier alpha value is -1.27. The van der Waals surface area contributed by atoms with Crippen molar-refractivity contribution >= 4 is 37.4 Å². The van der Waals surface area contributed by atoms with E-state index in [1.165, 1.54) is 24.1 Å². The summed E-state index contributed by atoms with van der Waals surface area (Å²) in [6.45, 7) is 1.39. The lowest BCUT2D eigenvalue weighted by Gasteiger charge is -2.22. The maximum absolute atomic E-state index is 11.0. The van der Waals surface area contributed by atoms with E-state index in [1.54, 1.807) is 0 Å². The highest BCUT2D eigenvalue weighted by Crippen LogP contribution is 2.42. The van der Waals surface area contributed by atoms with E-state index in [1.807, 2.05) is 0 Å². The Morgan fingerprint density at radius 2 is 2.17 bits per heavy atom. The van der Waals surface area contributed by atoms with Gasteiger partial charge in [-0.15, -0.1) is 0 Å². The lowest BCUT2D eigenvalue weighted by Crippen LogP contribution is -2.36. The second-order valence-electron chi connectivity index (χ2n) is 5.36. The van der Waals surface area contributed by atoms with Crippen molar-refractivity contribution in [2.45, 2.75) is 36.7 Å². The number of hydrogen-bond acceptors (Lipinski definition) is 9. The molecule has 0 bridgehead atoms. The van der Waals surface area contributed by atoms with Gasteiger partial charge in [-0.05, 0) is 6.92 Å². The Morgan fingerprint density at radius 3 is 2.83 bits per heavy atom. The standard InChI is InChI=1S/C11H16N5O6PS/c1-4(22-23(18,19)20)7-6(17)8(24)11(21-7)16-3-15-5-9(12)13-2-14-10(5)16/h2-4,6-8,11,17,24H,1H3,(H2,12,13,14)(H2,18,19,20)/t4?,6-,7-,8-,11-/m1/s1. The molecule has 132 valence electrons. The van der Waals surface area contributed by atoms with Crippen LogP contribution in [0.3, 0.4) is 0 Å². The van der Waals surface area contributed by atoms with Crippen LogP contribution in [0.4, 0.5) is 5.82 Å². The van der Waals surface area contributed by atoms with Crippen LogP contribution >= 0.6 is 20.5 Å². The Morgan fingerprint density at radius 1 is 1.46 bits per heavy atom. The van der Waals surface area contributed by atoms with Gasteiger partial charge in [-0.25, -0.2) is 19.5 Å². The molecule has 1 aliphatic heterocycles. The number of nitrogens with zero attached hydrogens (tertiary/aromatic N) is 4. The van der Waals surface area contributed by atoms with Crippen LogP contribution in [0.25, 0.3) is 11.2 Å². The number of hydrogen-bond donors (Lipinski definition) is 5.